The van der Waals surface area contributed by atoms with E-state index in [-0.39, 0.29) is 32.0 Å². The number of nitrogens with one attached hydrogen (secondary N) is 2. The fourth-order valence-electron chi connectivity index (χ4n) is 9.85. The Labute approximate surface area is 356 Å². The number of hydrogen-bond acceptors (Lipinski definition) is 2. The van der Waals surface area contributed by atoms with Gasteiger partial charge in [-0.05, 0) is 0 Å². The zero-order chi connectivity index (χ0) is 41.8. The van der Waals surface area contributed by atoms with Crippen molar-refractivity contribution in [1.29, 1.82) is 0 Å². The van der Waals surface area contributed by atoms with E-state index in [1.165, 1.54) is 44.5 Å². The van der Waals surface area contributed by atoms with Crippen molar-refractivity contribution in [3.63, 3.8) is 0 Å². The van der Waals surface area contributed by atoms with Gasteiger partial charge < -0.3 is 0 Å². The SMILES string of the molecule is CCCC1=Cc2c(-c3ccccc3CC(C)C)cccc2[CH]1[Hf]([Cl])([Cl])([B](NC(=O)CC)NC(=O)CC)[CH]1C(CCC)=Cc2c(-c3ccccc3CC(C)C)cccc21. The molecule has 2 amide bonds. The summed E-state index contributed by atoms with van der Waals surface area (Å²) in [6.07, 6.45) is 10.5. The Hall–Kier alpha value is -3.18. The van der Waals surface area contributed by atoms with Crippen molar-refractivity contribution in [1.82, 2.24) is 10.5 Å². The Balaban J connectivity index is 1.69. The fourth-order valence-corrected chi connectivity index (χ4v) is 39.6. The number of benzene rings is 4. The minimum absolute atomic E-state index is 0.183. The minimum atomic E-state index is -6.18. The van der Waals surface area contributed by atoms with E-state index >= 15 is 0 Å². The molecule has 58 heavy (non-hydrogen) atoms. The maximum atomic E-state index is 13.8. The summed E-state index contributed by atoms with van der Waals surface area (Å²) in [5.74, 6) is 0.622. The van der Waals surface area contributed by atoms with Crippen LogP contribution in [0.1, 0.15) is 135 Å². The fraction of sp³-hybridized carbons (Fsp3) is 0.400. The normalized spacial score (nSPS) is 16.7. The van der Waals surface area contributed by atoms with Crippen LogP contribution in [0.5, 0.6) is 0 Å². The molecule has 0 aliphatic heterocycles. The predicted octanol–water partition coefficient (Wildman–Crippen LogP) is 13.6. The van der Waals surface area contributed by atoms with Crippen molar-refractivity contribution in [3.8, 4) is 22.3 Å². The van der Waals surface area contributed by atoms with Crippen molar-refractivity contribution < 1.29 is 25.5 Å². The second-order valence-electron chi connectivity index (χ2n) is 17.4. The van der Waals surface area contributed by atoms with Crippen LogP contribution in [0.2, 0.25) is 0 Å². The zero-order valence-corrected chi connectivity index (χ0v) is 41.0. The average molecular weight is 983 g/mol. The molecule has 8 heteroatoms. The molecule has 6 rings (SSSR count). The number of halogens is 2. The van der Waals surface area contributed by atoms with E-state index in [1.54, 1.807) is 0 Å². The van der Waals surface area contributed by atoms with Gasteiger partial charge in [0, 0.05) is 0 Å². The summed E-state index contributed by atoms with van der Waals surface area (Å²) >= 11 is -6.18. The number of fused-ring (bicyclic) bond motifs is 2. The van der Waals surface area contributed by atoms with Gasteiger partial charge in [0.05, 0.1) is 0 Å². The Bertz CT molecular complexity index is 2080. The van der Waals surface area contributed by atoms with Gasteiger partial charge in [0.1, 0.15) is 0 Å². The van der Waals surface area contributed by atoms with Gasteiger partial charge in [0.25, 0.3) is 0 Å². The third-order valence-electron chi connectivity index (χ3n) is 12.2. The van der Waals surface area contributed by atoms with E-state index in [9.17, 15) is 9.59 Å². The number of carbonyl (C=O) groups excluding carboxylic acids is 2. The molecule has 4 aromatic carbocycles. The van der Waals surface area contributed by atoms with Crippen molar-refractivity contribution >= 4 is 45.7 Å². The van der Waals surface area contributed by atoms with Gasteiger partial charge >= 0.3 is 359 Å². The summed E-state index contributed by atoms with van der Waals surface area (Å²) in [5, 5.41) is 6.63. The molecule has 0 spiro atoms. The second-order valence-corrected chi connectivity index (χ2v) is 47.9. The molecule has 0 saturated carbocycles. The zero-order valence-electron chi connectivity index (χ0n) is 35.9. The summed E-state index contributed by atoms with van der Waals surface area (Å²) in [4.78, 5) is 27.5. The van der Waals surface area contributed by atoms with E-state index in [4.69, 9.17) is 17.2 Å². The Morgan fingerprint density at radius 3 is 1.33 bits per heavy atom. The number of amides is 2. The Morgan fingerprint density at radius 1 is 0.586 bits per heavy atom. The van der Waals surface area contributed by atoms with Crippen LogP contribution in [-0.4, -0.2) is 16.4 Å². The number of rotatable bonds is 17. The summed E-state index contributed by atoms with van der Waals surface area (Å²) in [5.41, 5.74) is 14.3. The third-order valence-corrected chi connectivity index (χ3v) is 40.7. The number of hydrogen-bond donors (Lipinski definition) is 2. The van der Waals surface area contributed by atoms with Gasteiger partial charge in [-0.3, -0.25) is 0 Å². The molecule has 0 bridgehead atoms. The van der Waals surface area contributed by atoms with Gasteiger partial charge in [0.2, 0.25) is 0 Å². The van der Waals surface area contributed by atoms with Gasteiger partial charge in [0.15, 0.2) is 0 Å². The molecule has 4 nitrogen and oxygen atoms in total. The average Bonchev–Trinajstić information content (AvgIpc) is 3.77. The van der Waals surface area contributed by atoms with E-state index < -0.39 is 20.5 Å². The molecule has 0 heterocycles. The molecule has 2 aliphatic carbocycles. The standard InChI is InChI=1S/2C22H25.C6H11BN2O2.2ClH.Hf/c2*1-4-8-17-14-19-10-7-12-21(22(19)15-17)20-11-6-5-9-18(20)13-16(2)3;1-3-5(10)8-7-9-6(11)4-2;;;/h2*5-7,9-12,14-16H,4,8,13H2,1-3H3;3-4H2,1-2H3,(H-,8,9,10,11);2*1H;/q;;;;;+1/p-1. The van der Waals surface area contributed by atoms with Crippen LogP contribution >= 0.6 is 17.2 Å². The van der Waals surface area contributed by atoms with E-state index in [2.05, 4.69) is 149 Å². The molecule has 0 aromatic heterocycles. The van der Waals surface area contributed by atoms with Crippen molar-refractivity contribution in [2.24, 2.45) is 11.8 Å². The first-order chi connectivity index (χ1) is 27.8. The van der Waals surface area contributed by atoms with Crippen LogP contribution in [0.15, 0.2) is 96.1 Å². The predicted molar refractivity (Wildman–Crippen MR) is 246 cm³/mol. The van der Waals surface area contributed by atoms with Crippen LogP contribution in [-0.2, 0) is 38.3 Å². The summed E-state index contributed by atoms with van der Waals surface area (Å²) in [6.45, 7) is 17.1. The van der Waals surface area contributed by atoms with Gasteiger partial charge in [-0.2, -0.15) is 0 Å². The van der Waals surface area contributed by atoms with E-state index in [0.29, 0.717) is 11.8 Å². The molecule has 0 radical (unpaired) electrons. The van der Waals surface area contributed by atoms with Crippen LogP contribution in [0, 0.1) is 11.8 Å². The van der Waals surface area contributed by atoms with Crippen LogP contribution < -0.4 is 10.5 Å². The second kappa shape index (κ2) is 18.6. The molecule has 2 atom stereocenters. The third kappa shape index (κ3) is 8.55. The first-order valence-corrected chi connectivity index (χ1v) is 36.9. The number of carbonyl (C=O) groups is 2. The van der Waals surface area contributed by atoms with Gasteiger partial charge in [-0.1, -0.05) is 0 Å². The molecule has 0 fully saturated rings. The van der Waals surface area contributed by atoms with Crippen LogP contribution in [0.4, 0.5) is 0 Å². The monoisotopic (exact) mass is 983 g/mol. The summed E-state index contributed by atoms with van der Waals surface area (Å²) < 4.78 is -1.68. The van der Waals surface area contributed by atoms with Gasteiger partial charge in [-0.25, -0.2) is 0 Å². The summed E-state index contributed by atoms with van der Waals surface area (Å²) in [7, 11) is 17.9. The molecule has 305 valence electrons. The van der Waals surface area contributed by atoms with Gasteiger partial charge in [-0.15, -0.1) is 0 Å². The first kappa shape index (κ1) is 44.4. The number of allylic oxidation sites excluding steroid dienone is 2. The molecule has 2 N–H and O–H groups in total. The van der Waals surface area contributed by atoms with Crippen molar-refractivity contribution in [2.45, 2.75) is 114 Å². The summed E-state index contributed by atoms with van der Waals surface area (Å²) in [6, 6.07) is 30.7. The van der Waals surface area contributed by atoms with E-state index in [0.717, 1.165) is 60.8 Å². The van der Waals surface area contributed by atoms with Crippen molar-refractivity contribution in [3.05, 3.63) is 129 Å². The molecule has 4 aromatic rings. The molecular weight excluding hydrogens is 921 g/mol. The molecule has 0 saturated heterocycles. The quantitative estimate of drug-likeness (QED) is 0.104. The van der Waals surface area contributed by atoms with E-state index in [1.807, 2.05) is 13.8 Å². The first-order valence-electron chi connectivity index (χ1n) is 21.8. The Morgan fingerprint density at radius 2 is 0.966 bits per heavy atom. The molecular formula is C50H62BCl2HfN2O2. The topological polar surface area (TPSA) is 58.2 Å². The maximum absolute atomic E-state index is 13.8. The van der Waals surface area contributed by atoms with Crippen molar-refractivity contribution in [2.75, 3.05) is 0 Å². The molecule has 2 unspecified atom stereocenters. The molecule has 2 aliphatic rings. The van der Waals surface area contributed by atoms with Crippen LogP contribution in [0.3, 0.4) is 0 Å². The van der Waals surface area contributed by atoms with Crippen LogP contribution in [0.25, 0.3) is 34.4 Å². The Kier molecular flexibility index (Phi) is 14.2.